The van der Waals surface area contributed by atoms with Gasteiger partial charge in [-0.1, -0.05) is 42.5 Å². The summed E-state index contributed by atoms with van der Waals surface area (Å²) in [6.45, 7) is 5.44. The molecule has 0 spiro atoms. The Morgan fingerprint density at radius 3 is 2.65 bits per heavy atom. The molecule has 1 amide bonds. The van der Waals surface area contributed by atoms with Crippen LogP contribution in [0.4, 0.5) is 0 Å². The van der Waals surface area contributed by atoms with Crippen molar-refractivity contribution in [3.8, 4) is 17.1 Å². The molecule has 2 aromatic carbocycles. The van der Waals surface area contributed by atoms with Crippen molar-refractivity contribution in [3.05, 3.63) is 78.1 Å². The second-order valence-corrected chi connectivity index (χ2v) is 8.63. The van der Waals surface area contributed by atoms with E-state index in [1.165, 1.54) is 0 Å². The van der Waals surface area contributed by atoms with E-state index in [2.05, 4.69) is 9.88 Å². The van der Waals surface area contributed by atoms with Gasteiger partial charge in [0.2, 0.25) is 0 Å². The predicted molar refractivity (Wildman–Crippen MR) is 130 cm³/mol. The molecule has 0 radical (unpaired) electrons. The van der Waals surface area contributed by atoms with E-state index in [0.29, 0.717) is 30.3 Å². The van der Waals surface area contributed by atoms with E-state index < -0.39 is 0 Å². The fourth-order valence-corrected chi connectivity index (χ4v) is 4.64. The lowest BCUT2D eigenvalue weighted by Crippen LogP contribution is -2.38. The van der Waals surface area contributed by atoms with Gasteiger partial charge in [-0.05, 0) is 31.0 Å². The number of carbonyl (C=O) groups excluding carboxylic acids is 1. The summed E-state index contributed by atoms with van der Waals surface area (Å²) in [7, 11) is 0. The highest BCUT2D eigenvalue weighted by molar-refractivity contribution is 5.97. The van der Waals surface area contributed by atoms with Crippen LogP contribution in [0.15, 0.2) is 66.9 Å². The van der Waals surface area contributed by atoms with Crippen LogP contribution in [0.5, 0.6) is 5.75 Å². The molecule has 0 saturated carbocycles. The topological polar surface area (TPSA) is 67.8 Å². The highest BCUT2D eigenvalue weighted by Crippen LogP contribution is 2.34. The van der Waals surface area contributed by atoms with Crippen molar-refractivity contribution in [3.63, 3.8) is 0 Å². The Kier molecular flexibility index (Phi) is 7.12. The Morgan fingerprint density at radius 1 is 1.00 bits per heavy atom. The zero-order valence-electron chi connectivity index (χ0n) is 19.3. The summed E-state index contributed by atoms with van der Waals surface area (Å²) >= 11 is 0. The van der Waals surface area contributed by atoms with Gasteiger partial charge >= 0.3 is 0 Å². The number of rotatable bonds is 7. The minimum Gasteiger partial charge on any atom is -0.491 e. The number of para-hydroxylation sites is 1. The van der Waals surface area contributed by atoms with Crippen LogP contribution in [0.25, 0.3) is 11.4 Å². The maximum atomic E-state index is 13.6. The number of likely N-dealkylation sites (tertiary alicyclic amines) is 1. The number of benzene rings is 2. The summed E-state index contributed by atoms with van der Waals surface area (Å²) in [5, 5.41) is 0. The molecule has 0 bridgehead atoms. The van der Waals surface area contributed by atoms with Gasteiger partial charge in [-0.15, -0.1) is 0 Å². The zero-order chi connectivity index (χ0) is 23.2. The van der Waals surface area contributed by atoms with E-state index >= 15 is 0 Å². The van der Waals surface area contributed by atoms with Crippen molar-refractivity contribution < 1.29 is 14.3 Å². The monoisotopic (exact) mass is 458 g/mol. The Hall–Kier alpha value is -3.29. The van der Waals surface area contributed by atoms with Gasteiger partial charge in [-0.3, -0.25) is 9.69 Å². The zero-order valence-corrected chi connectivity index (χ0v) is 19.3. The van der Waals surface area contributed by atoms with Crippen molar-refractivity contribution in [1.29, 1.82) is 0 Å². The number of amides is 1. The standard InChI is InChI=1S/C27H30N4O3/c32-27(22-9-4-5-11-25(22)34-20-17-30-15-18-33-19-16-30)31-14-6-10-24(31)23-12-13-28-26(29-23)21-7-2-1-3-8-21/h1-5,7-9,11-13,24H,6,10,14-20H2/t24-/m1/s1. The molecule has 5 rings (SSSR count). The van der Waals surface area contributed by atoms with Gasteiger partial charge in [0, 0.05) is 37.9 Å². The lowest BCUT2D eigenvalue weighted by molar-refractivity contribution is 0.0321. The molecule has 0 N–H and O–H groups in total. The summed E-state index contributed by atoms with van der Waals surface area (Å²) in [6, 6.07) is 19.3. The fraction of sp³-hybridized carbons (Fsp3) is 0.370. The second kappa shape index (κ2) is 10.8. The Labute approximate surface area is 200 Å². The number of hydrogen-bond donors (Lipinski definition) is 0. The van der Waals surface area contributed by atoms with Crippen LogP contribution in [-0.4, -0.2) is 71.7 Å². The van der Waals surface area contributed by atoms with E-state index in [-0.39, 0.29) is 11.9 Å². The summed E-state index contributed by atoms with van der Waals surface area (Å²) in [4.78, 5) is 27.2. The van der Waals surface area contributed by atoms with Crippen molar-refractivity contribution in [2.45, 2.75) is 18.9 Å². The SMILES string of the molecule is O=C(c1ccccc1OCCN1CCOCC1)N1CCC[C@@H]1c1ccnc(-c2ccccc2)n1. The second-order valence-electron chi connectivity index (χ2n) is 8.63. The van der Waals surface area contributed by atoms with Crippen LogP contribution in [-0.2, 0) is 4.74 Å². The highest BCUT2D eigenvalue weighted by Gasteiger charge is 2.33. The first-order chi connectivity index (χ1) is 16.8. The van der Waals surface area contributed by atoms with Gasteiger partial charge in [0.05, 0.1) is 30.5 Å². The van der Waals surface area contributed by atoms with Gasteiger partial charge in [0.25, 0.3) is 5.91 Å². The lowest BCUT2D eigenvalue weighted by atomic mass is 10.1. The third kappa shape index (κ3) is 5.11. The summed E-state index contributed by atoms with van der Waals surface area (Å²) < 4.78 is 11.5. The quantitative estimate of drug-likeness (QED) is 0.536. The third-order valence-corrected chi connectivity index (χ3v) is 6.45. The molecule has 2 saturated heterocycles. The number of nitrogens with zero attached hydrogens (tertiary/aromatic N) is 4. The molecule has 3 aromatic rings. The molecule has 176 valence electrons. The summed E-state index contributed by atoms with van der Waals surface area (Å²) in [5.41, 5.74) is 2.46. The van der Waals surface area contributed by atoms with Crippen LogP contribution < -0.4 is 4.74 Å². The summed E-state index contributed by atoms with van der Waals surface area (Å²) in [5.74, 6) is 1.31. The average Bonchev–Trinajstić information content (AvgIpc) is 3.40. The molecule has 0 aliphatic carbocycles. The molecule has 7 heteroatoms. The van der Waals surface area contributed by atoms with Crippen LogP contribution in [0.2, 0.25) is 0 Å². The number of morpholine rings is 1. The highest BCUT2D eigenvalue weighted by atomic mass is 16.5. The van der Waals surface area contributed by atoms with Gasteiger partial charge < -0.3 is 14.4 Å². The van der Waals surface area contributed by atoms with Gasteiger partial charge in [-0.2, -0.15) is 0 Å². The van der Waals surface area contributed by atoms with E-state index in [1.807, 2.05) is 65.6 Å². The number of aromatic nitrogens is 2. The lowest BCUT2D eigenvalue weighted by Gasteiger charge is -2.27. The fourth-order valence-electron chi connectivity index (χ4n) is 4.64. The molecular weight excluding hydrogens is 428 g/mol. The van der Waals surface area contributed by atoms with Gasteiger partial charge in [0.1, 0.15) is 12.4 Å². The molecule has 1 aromatic heterocycles. The minimum atomic E-state index is -0.0700. The number of hydrogen-bond acceptors (Lipinski definition) is 6. The largest absolute Gasteiger partial charge is 0.491 e. The maximum Gasteiger partial charge on any atom is 0.258 e. The van der Waals surface area contributed by atoms with E-state index in [1.54, 1.807) is 6.20 Å². The van der Waals surface area contributed by atoms with Crippen molar-refractivity contribution in [1.82, 2.24) is 19.8 Å². The van der Waals surface area contributed by atoms with Crippen molar-refractivity contribution in [2.75, 3.05) is 46.0 Å². The normalized spacial score (nSPS) is 18.7. The molecule has 7 nitrogen and oxygen atoms in total. The van der Waals surface area contributed by atoms with E-state index in [4.69, 9.17) is 14.5 Å². The minimum absolute atomic E-state index is 0.00986. The Bertz CT molecular complexity index is 1100. The molecule has 2 fully saturated rings. The van der Waals surface area contributed by atoms with Crippen LogP contribution in [0, 0.1) is 0 Å². The molecule has 3 heterocycles. The van der Waals surface area contributed by atoms with Gasteiger partial charge in [0.15, 0.2) is 5.82 Å². The smallest absolute Gasteiger partial charge is 0.258 e. The average molecular weight is 459 g/mol. The third-order valence-electron chi connectivity index (χ3n) is 6.45. The van der Waals surface area contributed by atoms with E-state index in [9.17, 15) is 4.79 Å². The van der Waals surface area contributed by atoms with Crippen molar-refractivity contribution in [2.24, 2.45) is 0 Å². The predicted octanol–water partition coefficient (Wildman–Crippen LogP) is 3.83. The van der Waals surface area contributed by atoms with Gasteiger partial charge in [-0.25, -0.2) is 9.97 Å². The molecular formula is C27H30N4O3. The van der Waals surface area contributed by atoms with Crippen LogP contribution >= 0.6 is 0 Å². The van der Waals surface area contributed by atoms with Crippen LogP contribution in [0.3, 0.4) is 0 Å². The molecule has 2 aliphatic heterocycles. The van der Waals surface area contributed by atoms with Crippen LogP contribution in [0.1, 0.15) is 34.9 Å². The molecule has 2 aliphatic rings. The van der Waals surface area contributed by atoms with E-state index in [0.717, 1.165) is 56.9 Å². The summed E-state index contributed by atoms with van der Waals surface area (Å²) in [6.07, 6.45) is 3.62. The first-order valence-electron chi connectivity index (χ1n) is 12.0. The number of ether oxygens (including phenoxy) is 2. The Balaban J connectivity index is 1.31. The van der Waals surface area contributed by atoms with Crippen molar-refractivity contribution >= 4 is 5.91 Å². The molecule has 1 atom stereocenters. The Morgan fingerprint density at radius 2 is 1.79 bits per heavy atom. The first-order valence-corrected chi connectivity index (χ1v) is 12.0. The first kappa shape index (κ1) is 22.5. The molecule has 0 unspecified atom stereocenters. The maximum absolute atomic E-state index is 13.6. The number of carbonyl (C=O) groups is 1. The molecule has 34 heavy (non-hydrogen) atoms.